The number of hydrogen-bond donors (Lipinski definition) is 2. The van der Waals surface area contributed by atoms with Crippen LogP contribution in [0.15, 0.2) is 42.6 Å². The maximum absolute atomic E-state index is 9.29. The monoisotopic (exact) mass is 258 g/mol. The quantitative estimate of drug-likeness (QED) is 0.835. The van der Waals surface area contributed by atoms with E-state index in [2.05, 4.69) is 17.2 Å². The molecule has 4 nitrogen and oxygen atoms in total. The molecule has 0 fully saturated rings. The Hall–Kier alpha value is -1.91. The van der Waals surface area contributed by atoms with Crippen molar-refractivity contribution in [1.82, 2.24) is 10.3 Å². The van der Waals surface area contributed by atoms with Crippen molar-refractivity contribution in [3.63, 3.8) is 0 Å². The van der Waals surface area contributed by atoms with E-state index in [1.54, 1.807) is 6.20 Å². The Kier molecular flexibility index (Phi) is 4.89. The minimum atomic E-state index is -0.0500. The Bertz CT molecular complexity index is 529. The summed E-state index contributed by atoms with van der Waals surface area (Å²) >= 11 is 0. The second-order valence-corrected chi connectivity index (χ2v) is 4.12. The zero-order valence-electron chi connectivity index (χ0n) is 11.0. The van der Waals surface area contributed by atoms with E-state index >= 15 is 0 Å². The number of pyridine rings is 1. The summed E-state index contributed by atoms with van der Waals surface area (Å²) in [6.07, 6.45) is 1.70. The Balaban J connectivity index is 2.22. The second kappa shape index (κ2) is 6.87. The third kappa shape index (κ3) is 3.53. The highest BCUT2D eigenvalue weighted by molar-refractivity contribution is 5.37. The van der Waals surface area contributed by atoms with Gasteiger partial charge in [-0.15, -0.1) is 0 Å². The van der Waals surface area contributed by atoms with Gasteiger partial charge in [-0.25, -0.2) is 4.98 Å². The van der Waals surface area contributed by atoms with Gasteiger partial charge in [0, 0.05) is 23.9 Å². The van der Waals surface area contributed by atoms with Gasteiger partial charge in [-0.1, -0.05) is 31.2 Å². The molecule has 1 heterocycles. The van der Waals surface area contributed by atoms with Crippen molar-refractivity contribution in [2.45, 2.75) is 20.1 Å². The largest absolute Gasteiger partial charge is 0.438 e. The van der Waals surface area contributed by atoms with Crippen molar-refractivity contribution in [2.24, 2.45) is 0 Å². The van der Waals surface area contributed by atoms with Crippen LogP contribution in [0.1, 0.15) is 18.1 Å². The van der Waals surface area contributed by atoms with Crippen molar-refractivity contribution in [3.05, 3.63) is 53.7 Å². The lowest BCUT2D eigenvalue weighted by atomic mass is 10.2. The summed E-state index contributed by atoms with van der Waals surface area (Å²) in [7, 11) is 0. The summed E-state index contributed by atoms with van der Waals surface area (Å²) in [5, 5.41) is 12.5. The Morgan fingerprint density at radius 1 is 1.16 bits per heavy atom. The van der Waals surface area contributed by atoms with Crippen LogP contribution >= 0.6 is 0 Å². The van der Waals surface area contributed by atoms with Crippen LogP contribution in [0.4, 0.5) is 0 Å². The first kappa shape index (κ1) is 13.5. The number of nitrogens with zero attached hydrogens (tertiary/aromatic N) is 1. The van der Waals surface area contributed by atoms with E-state index in [-0.39, 0.29) is 6.61 Å². The van der Waals surface area contributed by atoms with Crippen LogP contribution in [0, 0.1) is 0 Å². The van der Waals surface area contributed by atoms with Crippen molar-refractivity contribution in [3.8, 4) is 11.6 Å². The molecular weight excluding hydrogens is 240 g/mol. The minimum Gasteiger partial charge on any atom is -0.438 e. The fourth-order valence-corrected chi connectivity index (χ4v) is 1.75. The van der Waals surface area contributed by atoms with E-state index < -0.39 is 0 Å². The molecular formula is C15H18N2O2. The maximum Gasteiger partial charge on any atom is 0.223 e. The third-order valence-corrected chi connectivity index (χ3v) is 2.77. The summed E-state index contributed by atoms with van der Waals surface area (Å²) in [4.78, 5) is 4.26. The molecule has 2 N–H and O–H groups in total. The number of aliphatic hydroxyl groups is 1. The fraction of sp³-hybridized carbons (Fsp3) is 0.267. The lowest BCUT2D eigenvalue weighted by Crippen LogP contribution is -2.12. The highest BCUT2D eigenvalue weighted by atomic mass is 16.5. The molecule has 0 unspecified atom stereocenters. The van der Waals surface area contributed by atoms with Gasteiger partial charge in [0.2, 0.25) is 5.88 Å². The van der Waals surface area contributed by atoms with Crippen LogP contribution in [-0.2, 0) is 13.2 Å². The smallest absolute Gasteiger partial charge is 0.223 e. The molecule has 1 aromatic carbocycles. The van der Waals surface area contributed by atoms with E-state index in [1.807, 2.05) is 36.4 Å². The molecule has 0 bridgehead atoms. The molecule has 0 atom stereocenters. The standard InChI is InChI=1S/C15H18N2O2/c1-2-16-10-12-7-5-9-17-15(12)19-14-8-4-3-6-13(14)11-18/h3-9,16,18H,2,10-11H2,1H3. The zero-order chi connectivity index (χ0) is 13.5. The van der Waals surface area contributed by atoms with Gasteiger partial charge in [-0.05, 0) is 18.7 Å². The van der Waals surface area contributed by atoms with Gasteiger partial charge >= 0.3 is 0 Å². The molecule has 1 aromatic heterocycles. The lowest BCUT2D eigenvalue weighted by Gasteiger charge is -2.12. The van der Waals surface area contributed by atoms with Crippen LogP contribution < -0.4 is 10.1 Å². The van der Waals surface area contributed by atoms with Crippen LogP contribution in [0.2, 0.25) is 0 Å². The number of rotatable bonds is 6. The Labute approximate surface area is 113 Å². The summed E-state index contributed by atoms with van der Waals surface area (Å²) in [6, 6.07) is 11.3. The molecule has 0 saturated heterocycles. The first-order valence-corrected chi connectivity index (χ1v) is 6.36. The van der Waals surface area contributed by atoms with Gasteiger partial charge in [0.05, 0.1) is 6.61 Å². The molecule has 0 aliphatic heterocycles. The van der Waals surface area contributed by atoms with E-state index in [0.717, 1.165) is 17.7 Å². The van der Waals surface area contributed by atoms with Crippen LogP contribution in [-0.4, -0.2) is 16.6 Å². The first-order valence-electron chi connectivity index (χ1n) is 6.36. The molecule has 2 aromatic rings. The van der Waals surface area contributed by atoms with Gasteiger partial charge in [0.1, 0.15) is 5.75 Å². The van der Waals surface area contributed by atoms with Crippen molar-refractivity contribution in [2.75, 3.05) is 6.54 Å². The van der Waals surface area contributed by atoms with E-state index in [4.69, 9.17) is 4.74 Å². The number of para-hydroxylation sites is 1. The number of ether oxygens (including phenoxy) is 1. The topological polar surface area (TPSA) is 54.4 Å². The molecule has 0 spiro atoms. The van der Waals surface area contributed by atoms with Gasteiger partial charge in [0.15, 0.2) is 0 Å². The van der Waals surface area contributed by atoms with Crippen molar-refractivity contribution in [1.29, 1.82) is 0 Å². The Morgan fingerprint density at radius 2 is 1.95 bits per heavy atom. The normalized spacial score (nSPS) is 10.4. The third-order valence-electron chi connectivity index (χ3n) is 2.77. The van der Waals surface area contributed by atoms with Gasteiger partial charge in [-0.2, -0.15) is 0 Å². The predicted octanol–water partition coefficient (Wildman–Crippen LogP) is 2.48. The van der Waals surface area contributed by atoms with Crippen LogP contribution in [0.3, 0.4) is 0 Å². The number of hydrogen-bond acceptors (Lipinski definition) is 4. The van der Waals surface area contributed by atoms with Crippen molar-refractivity contribution >= 4 is 0 Å². The van der Waals surface area contributed by atoms with Gasteiger partial charge in [-0.3, -0.25) is 0 Å². The van der Waals surface area contributed by atoms with E-state index in [9.17, 15) is 5.11 Å². The molecule has 0 saturated carbocycles. The highest BCUT2D eigenvalue weighted by Crippen LogP contribution is 2.26. The number of nitrogens with one attached hydrogen (secondary N) is 1. The fourth-order valence-electron chi connectivity index (χ4n) is 1.75. The summed E-state index contributed by atoms with van der Waals surface area (Å²) in [5.41, 5.74) is 1.75. The first-order chi connectivity index (χ1) is 9.35. The molecule has 0 aliphatic rings. The van der Waals surface area contributed by atoms with Crippen molar-refractivity contribution < 1.29 is 9.84 Å². The Morgan fingerprint density at radius 3 is 2.74 bits per heavy atom. The SMILES string of the molecule is CCNCc1cccnc1Oc1ccccc1CO. The average molecular weight is 258 g/mol. The highest BCUT2D eigenvalue weighted by Gasteiger charge is 2.08. The van der Waals surface area contributed by atoms with Gasteiger partial charge < -0.3 is 15.2 Å². The molecule has 0 aliphatic carbocycles. The average Bonchev–Trinajstić information content (AvgIpc) is 2.47. The second-order valence-electron chi connectivity index (χ2n) is 4.12. The van der Waals surface area contributed by atoms with E-state index in [1.165, 1.54) is 0 Å². The maximum atomic E-state index is 9.29. The minimum absolute atomic E-state index is 0.0500. The van der Waals surface area contributed by atoms with E-state index in [0.29, 0.717) is 18.2 Å². The molecule has 0 radical (unpaired) electrons. The summed E-state index contributed by atoms with van der Waals surface area (Å²) in [5.74, 6) is 1.21. The summed E-state index contributed by atoms with van der Waals surface area (Å²) < 4.78 is 5.82. The number of aliphatic hydroxyl groups excluding tert-OH is 1. The van der Waals surface area contributed by atoms with Gasteiger partial charge in [0.25, 0.3) is 0 Å². The number of benzene rings is 1. The predicted molar refractivity (Wildman–Crippen MR) is 74.1 cm³/mol. The molecule has 100 valence electrons. The molecule has 4 heteroatoms. The summed E-state index contributed by atoms with van der Waals surface area (Å²) in [6.45, 7) is 3.60. The molecule has 2 rings (SSSR count). The molecule has 19 heavy (non-hydrogen) atoms. The lowest BCUT2D eigenvalue weighted by molar-refractivity contribution is 0.276. The zero-order valence-corrected chi connectivity index (χ0v) is 11.0. The van der Waals surface area contributed by atoms with Crippen LogP contribution in [0.25, 0.3) is 0 Å². The number of aromatic nitrogens is 1. The molecule has 0 amide bonds. The van der Waals surface area contributed by atoms with Crippen LogP contribution in [0.5, 0.6) is 11.6 Å².